The van der Waals surface area contributed by atoms with Crippen LogP contribution in [0.1, 0.15) is 11.1 Å². The minimum atomic E-state index is -3.74. The predicted octanol–water partition coefficient (Wildman–Crippen LogP) is 2.65. The van der Waals surface area contributed by atoms with Crippen LogP contribution in [-0.4, -0.2) is 15.5 Å². The lowest BCUT2D eigenvalue weighted by Gasteiger charge is -2.11. The van der Waals surface area contributed by atoms with Crippen LogP contribution < -0.4 is 10.0 Å². The van der Waals surface area contributed by atoms with Gasteiger partial charge in [-0.25, -0.2) is 12.8 Å². The maximum Gasteiger partial charge on any atom is 0.261 e. The van der Waals surface area contributed by atoms with E-state index in [0.29, 0.717) is 12.1 Å². The summed E-state index contributed by atoms with van der Waals surface area (Å²) in [6.07, 6.45) is 0. The second-order valence-corrected chi connectivity index (χ2v) is 6.42. The van der Waals surface area contributed by atoms with Gasteiger partial charge in [0.25, 0.3) is 10.0 Å². The van der Waals surface area contributed by atoms with Crippen LogP contribution in [0.15, 0.2) is 47.4 Å². The minimum Gasteiger partial charge on any atom is -0.316 e. The highest BCUT2D eigenvalue weighted by Crippen LogP contribution is 2.21. The molecule has 2 aromatic carbocycles. The fourth-order valence-corrected chi connectivity index (χ4v) is 3.13. The van der Waals surface area contributed by atoms with Crippen molar-refractivity contribution in [2.45, 2.75) is 18.4 Å². The predicted molar refractivity (Wildman–Crippen MR) is 81.2 cm³/mol. The number of hydrogen-bond donors (Lipinski definition) is 2. The van der Waals surface area contributed by atoms with Crippen LogP contribution in [0.5, 0.6) is 0 Å². The Balaban J connectivity index is 2.34. The minimum absolute atomic E-state index is 0.152. The zero-order valence-corrected chi connectivity index (χ0v) is 12.7. The van der Waals surface area contributed by atoms with Crippen molar-refractivity contribution in [1.82, 2.24) is 5.32 Å². The number of sulfonamides is 1. The molecule has 2 aromatic rings. The molecule has 0 bridgehead atoms. The Morgan fingerprint density at radius 1 is 1.14 bits per heavy atom. The second kappa shape index (κ2) is 6.24. The molecule has 0 saturated carbocycles. The first-order valence-electron chi connectivity index (χ1n) is 6.45. The molecule has 4 nitrogen and oxygen atoms in total. The molecule has 0 heterocycles. The Bertz CT molecular complexity index is 745. The average molecular weight is 308 g/mol. The van der Waals surface area contributed by atoms with Gasteiger partial charge in [0, 0.05) is 6.54 Å². The Morgan fingerprint density at radius 3 is 2.62 bits per heavy atom. The molecule has 0 aliphatic rings. The summed E-state index contributed by atoms with van der Waals surface area (Å²) in [4.78, 5) is 0.152. The van der Waals surface area contributed by atoms with Crippen LogP contribution in [-0.2, 0) is 16.6 Å². The highest BCUT2D eigenvalue weighted by molar-refractivity contribution is 7.92. The van der Waals surface area contributed by atoms with Crippen molar-refractivity contribution < 1.29 is 12.8 Å². The van der Waals surface area contributed by atoms with E-state index in [0.717, 1.165) is 5.56 Å². The van der Waals surface area contributed by atoms with Gasteiger partial charge in [-0.2, -0.15) is 0 Å². The SMILES string of the molecule is CNCc1cccc(S(=O)(=O)Nc2cc(F)ccc2C)c1. The number of nitrogens with one attached hydrogen (secondary N) is 2. The molecule has 112 valence electrons. The number of hydrogen-bond acceptors (Lipinski definition) is 3. The second-order valence-electron chi connectivity index (χ2n) is 4.74. The average Bonchev–Trinajstić information content (AvgIpc) is 2.43. The van der Waals surface area contributed by atoms with Gasteiger partial charge in [-0.05, 0) is 49.4 Å². The summed E-state index contributed by atoms with van der Waals surface area (Å²) in [5.74, 6) is -0.484. The monoisotopic (exact) mass is 308 g/mol. The van der Waals surface area contributed by atoms with E-state index in [1.54, 1.807) is 26.1 Å². The number of halogens is 1. The largest absolute Gasteiger partial charge is 0.316 e. The van der Waals surface area contributed by atoms with E-state index < -0.39 is 15.8 Å². The van der Waals surface area contributed by atoms with Gasteiger partial charge in [-0.1, -0.05) is 18.2 Å². The Hall–Kier alpha value is -1.92. The molecule has 2 rings (SSSR count). The van der Waals surface area contributed by atoms with Gasteiger partial charge in [0.2, 0.25) is 0 Å². The molecule has 0 saturated heterocycles. The molecule has 0 fully saturated rings. The van der Waals surface area contributed by atoms with Crippen molar-refractivity contribution in [3.8, 4) is 0 Å². The van der Waals surface area contributed by atoms with Crippen molar-refractivity contribution in [2.75, 3.05) is 11.8 Å². The molecule has 0 unspecified atom stereocenters. The molecule has 0 aliphatic carbocycles. The molecular formula is C15H17FN2O2S. The van der Waals surface area contributed by atoms with E-state index in [1.165, 1.54) is 24.3 Å². The summed E-state index contributed by atoms with van der Waals surface area (Å²) in [5, 5.41) is 2.96. The maximum atomic E-state index is 13.2. The molecule has 2 N–H and O–H groups in total. The first-order chi connectivity index (χ1) is 9.92. The van der Waals surface area contributed by atoms with Crippen LogP contribution in [0, 0.1) is 12.7 Å². The molecule has 21 heavy (non-hydrogen) atoms. The lowest BCUT2D eigenvalue weighted by Crippen LogP contribution is -2.15. The molecule has 0 amide bonds. The Kier molecular flexibility index (Phi) is 4.59. The van der Waals surface area contributed by atoms with Crippen LogP contribution in [0.2, 0.25) is 0 Å². The number of aryl methyl sites for hydroxylation is 1. The fraction of sp³-hybridized carbons (Fsp3) is 0.200. The van der Waals surface area contributed by atoms with Crippen LogP contribution in [0.3, 0.4) is 0 Å². The van der Waals surface area contributed by atoms with Crippen LogP contribution >= 0.6 is 0 Å². The highest BCUT2D eigenvalue weighted by atomic mass is 32.2. The number of benzene rings is 2. The third kappa shape index (κ3) is 3.80. The summed E-state index contributed by atoms with van der Waals surface area (Å²) >= 11 is 0. The van der Waals surface area contributed by atoms with Gasteiger partial charge < -0.3 is 5.32 Å². The van der Waals surface area contributed by atoms with Crippen molar-refractivity contribution in [3.05, 3.63) is 59.4 Å². The first-order valence-corrected chi connectivity index (χ1v) is 7.93. The summed E-state index contributed by atoms with van der Waals surface area (Å²) in [5.41, 5.74) is 1.76. The van der Waals surface area contributed by atoms with Gasteiger partial charge in [-0.3, -0.25) is 4.72 Å². The quantitative estimate of drug-likeness (QED) is 0.893. The van der Waals surface area contributed by atoms with E-state index in [9.17, 15) is 12.8 Å². The van der Waals surface area contributed by atoms with Crippen molar-refractivity contribution in [2.24, 2.45) is 0 Å². The van der Waals surface area contributed by atoms with Gasteiger partial charge in [0.05, 0.1) is 10.6 Å². The normalized spacial score (nSPS) is 11.4. The fourth-order valence-electron chi connectivity index (χ4n) is 1.93. The molecule has 6 heteroatoms. The topological polar surface area (TPSA) is 58.2 Å². The molecule has 0 aliphatic heterocycles. The van der Waals surface area contributed by atoms with Crippen LogP contribution in [0.4, 0.5) is 10.1 Å². The Labute approximate surface area is 124 Å². The van der Waals surface area contributed by atoms with E-state index in [2.05, 4.69) is 10.0 Å². The molecule has 0 spiro atoms. The molecule has 0 atom stereocenters. The summed E-state index contributed by atoms with van der Waals surface area (Å²) in [7, 11) is -1.95. The molecular weight excluding hydrogens is 291 g/mol. The molecule has 0 aromatic heterocycles. The van der Waals surface area contributed by atoms with E-state index in [-0.39, 0.29) is 10.6 Å². The first kappa shape index (κ1) is 15.5. The van der Waals surface area contributed by atoms with E-state index in [1.807, 2.05) is 6.07 Å². The van der Waals surface area contributed by atoms with Crippen LogP contribution in [0.25, 0.3) is 0 Å². The van der Waals surface area contributed by atoms with E-state index >= 15 is 0 Å². The maximum absolute atomic E-state index is 13.2. The number of anilines is 1. The van der Waals surface area contributed by atoms with Gasteiger partial charge in [-0.15, -0.1) is 0 Å². The third-order valence-electron chi connectivity index (χ3n) is 3.03. The summed E-state index contributed by atoms with van der Waals surface area (Å²) < 4.78 is 40.4. The zero-order valence-electron chi connectivity index (χ0n) is 11.9. The third-order valence-corrected chi connectivity index (χ3v) is 4.40. The van der Waals surface area contributed by atoms with E-state index in [4.69, 9.17) is 0 Å². The summed E-state index contributed by atoms with van der Waals surface area (Å²) in [6, 6.07) is 10.6. The van der Waals surface area contributed by atoms with Crippen molar-refractivity contribution in [3.63, 3.8) is 0 Å². The summed E-state index contributed by atoms with van der Waals surface area (Å²) in [6.45, 7) is 2.29. The smallest absolute Gasteiger partial charge is 0.261 e. The van der Waals surface area contributed by atoms with Crippen molar-refractivity contribution >= 4 is 15.7 Å². The van der Waals surface area contributed by atoms with Gasteiger partial charge in [0.1, 0.15) is 5.82 Å². The lowest BCUT2D eigenvalue weighted by molar-refractivity contribution is 0.600. The Morgan fingerprint density at radius 2 is 1.90 bits per heavy atom. The van der Waals surface area contributed by atoms with Crippen molar-refractivity contribution in [1.29, 1.82) is 0 Å². The molecule has 0 radical (unpaired) electrons. The van der Waals surface area contributed by atoms with Gasteiger partial charge >= 0.3 is 0 Å². The lowest BCUT2D eigenvalue weighted by atomic mass is 10.2. The van der Waals surface area contributed by atoms with Gasteiger partial charge in [0.15, 0.2) is 0 Å². The highest BCUT2D eigenvalue weighted by Gasteiger charge is 2.16. The standard InChI is InChI=1S/C15H17FN2O2S/c1-11-6-7-13(16)9-15(11)18-21(19,20)14-5-3-4-12(8-14)10-17-2/h3-9,17-18H,10H2,1-2H3. The zero-order chi connectivity index (χ0) is 15.5. The number of rotatable bonds is 5.